The topological polar surface area (TPSA) is 32.3 Å². The molecule has 1 aromatic heterocycles. The summed E-state index contributed by atoms with van der Waals surface area (Å²) in [6.07, 6.45) is 3.57. The molecular formula is C18H20F2N2OS. The summed E-state index contributed by atoms with van der Waals surface area (Å²) < 4.78 is 26.3. The maximum atomic E-state index is 13.3. The van der Waals surface area contributed by atoms with Gasteiger partial charge in [-0.3, -0.25) is 9.69 Å². The van der Waals surface area contributed by atoms with Crippen LogP contribution in [0.5, 0.6) is 0 Å². The molecule has 1 aromatic carbocycles. The quantitative estimate of drug-likeness (QED) is 0.884. The predicted octanol–water partition coefficient (Wildman–Crippen LogP) is 3.98. The van der Waals surface area contributed by atoms with Crippen LogP contribution in [-0.2, 0) is 0 Å². The number of piperidine rings is 1. The van der Waals surface area contributed by atoms with Gasteiger partial charge in [-0.1, -0.05) is 6.42 Å². The summed E-state index contributed by atoms with van der Waals surface area (Å²) in [5, 5.41) is 7.00. The lowest BCUT2D eigenvalue weighted by Gasteiger charge is -2.34. The number of rotatable bonds is 5. The molecule has 0 aliphatic carbocycles. The molecular weight excluding hydrogens is 330 g/mol. The highest BCUT2D eigenvalue weighted by atomic mass is 32.1. The van der Waals surface area contributed by atoms with Gasteiger partial charge in [0.15, 0.2) is 11.6 Å². The number of thiophene rings is 1. The zero-order valence-corrected chi connectivity index (χ0v) is 14.1. The molecule has 1 fully saturated rings. The van der Waals surface area contributed by atoms with Gasteiger partial charge in [0, 0.05) is 12.1 Å². The third-order valence-corrected chi connectivity index (χ3v) is 5.10. The van der Waals surface area contributed by atoms with E-state index in [1.165, 1.54) is 18.1 Å². The van der Waals surface area contributed by atoms with Gasteiger partial charge in [-0.2, -0.15) is 11.3 Å². The van der Waals surface area contributed by atoms with Crippen molar-refractivity contribution in [2.24, 2.45) is 0 Å². The first-order valence-electron chi connectivity index (χ1n) is 8.14. The summed E-state index contributed by atoms with van der Waals surface area (Å²) in [4.78, 5) is 14.6. The van der Waals surface area contributed by atoms with Crippen molar-refractivity contribution in [2.75, 3.05) is 19.6 Å². The molecule has 3 rings (SSSR count). The number of benzene rings is 1. The zero-order chi connectivity index (χ0) is 16.9. The van der Waals surface area contributed by atoms with Crippen molar-refractivity contribution < 1.29 is 13.6 Å². The number of carbonyl (C=O) groups excluding carboxylic acids is 1. The fourth-order valence-electron chi connectivity index (χ4n) is 3.08. The molecule has 1 aliphatic rings. The first-order chi connectivity index (χ1) is 11.6. The standard InChI is InChI=1S/C18H20F2N2OS/c19-15-5-4-13(10-16(15)20)18(23)21-11-17(14-6-9-24-12-14)22-7-2-1-3-8-22/h4-6,9-10,12,17H,1-3,7-8,11H2,(H,21,23). The van der Waals surface area contributed by atoms with Crippen LogP contribution in [0, 0.1) is 11.6 Å². The SMILES string of the molecule is O=C(NCC(c1ccsc1)N1CCCCC1)c1ccc(F)c(F)c1. The number of amides is 1. The Labute approximate surface area is 144 Å². The van der Waals surface area contributed by atoms with Gasteiger partial charge in [0.25, 0.3) is 5.91 Å². The van der Waals surface area contributed by atoms with Crippen molar-refractivity contribution in [3.63, 3.8) is 0 Å². The number of halogens is 2. The van der Waals surface area contributed by atoms with Crippen LogP contribution < -0.4 is 5.32 Å². The number of nitrogens with one attached hydrogen (secondary N) is 1. The second-order valence-electron chi connectivity index (χ2n) is 6.01. The van der Waals surface area contributed by atoms with E-state index in [1.54, 1.807) is 11.3 Å². The van der Waals surface area contributed by atoms with E-state index in [-0.39, 0.29) is 17.5 Å². The van der Waals surface area contributed by atoms with E-state index >= 15 is 0 Å². The van der Waals surface area contributed by atoms with Gasteiger partial charge in [-0.15, -0.1) is 0 Å². The monoisotopic (exact) mass is 350 g/mol. The second-order valence-corrected chi connectivity index (χ2v) is 6.79. The summed E-state index contributed by atoms with van der Waals surface area (Å²) in [7, 11) is 0. The van der Waals surface area contributed by atoms with Crippen LogP contribution in [0.15, 0.2) is 35.0 Å². The molecule has 1 saturated heterocycles. The molecule has 0 bridgehead atoms. The summed E-state index contributed by atoms with van der Waals surface area (Å²) in [6, 6.07) is 5.41. The molecule has 2 aromatic rings. The molecule has 1 N–H and O–H groups in total. The molecule has 6 heteroatoms. The first-order valence-corrected chi connectivity index (χ1v) is 9.09. The van der Waals surface area contributed by atoms with E-state index in [2.05, 4.69) is 21.7 Å². The van der Waals surface area contributed by atoms with Crippen LogP contribution in [0.25, 0.3) is 0 Å². The molecule has 1 amide bonds. The van der Waals surface area contributed by atoms with E-state index in [1.807, 2.05) is 5.38 Å². The van der Waals surface area contributed by atoms with Crippen molar-refractivity contribution in [1.82, 2.24) is 10.2 Å². The Morgan fingerprint density at radius 3 is 2.62 bits per heavy atom. The average Bonchev–Trinajstić information content (AvgIpc) is 3.12. The molecule has 1 aliphatic heterocycles. The minimum Gasteiger partial charge on any atom is -0.350 e. The number of likely N-dealkylation sites (tertiary alicyclic amines) is 1. The lowest BCUT2D eigenvalue weighted by atomic mass is 10.0. The molecule has 3 nitrogen and oxygen atoms in total. The average molecular weight is 350 g/mol. The van der Waals surface area contributed by atoms with E-state index in [0.717, 1.165) is 38.1 Å². The Hall–Kier alpha value is -1.79. The van der Waals surface area contributed by atoms with Crippen LogP contribution >= 0.6 is 11.3 Å². The first kappa shape index (κ1) is 17.0. The summed E-state index contributed by atoms with van der Waals surface area (Å²) >= 11 is 1.64. The Morgan fingerprint density at radius 2 is 1.96 bits per heavy atom. The van der Waals surface area contributed by atoms with Crippen molar-refractivity contribution in [3.8, 4) is 0 Å². The van der Waals surface area contributed by atoms with Crippen molar-refractivity contribution in [3.05, 3.63) is 57.8 Å². The zero-order valence-electron chi connectivity index (χ0n) is 13.3. The van der Waals surface area contributed by atoms with Crippen LogP contribution in [0.4, 0.5) is 8.78 Å². The molecule has 0 radical (unpaired) electrons. The number of hydrogen-bond acceptors (Lipinski definition) is 3. The van der Waals surface area contributed by atoms with E-state index in [4.69, 9.17) is 0 Å². The second kappa shape index (κ2) is 7.85. The lowest BCUT2D eigenvalue weighted by molar-refractivity contribution is 0.0924. The number of nitrogens with zero attached hydrogens (tertiary/aromatic N) is 1. The maximum Gasteiger partial charge on any atom is 0.251 e. The largest absolute Gasteiger partial charge is 0.350 e. The summed E-state index contributed by atoms with van der Waals surface area (Å²) in [5.74, 6) is -2.34. The Kier molecular flexibility index (Phi) is 5.58. The Bertz CT molecular complexity index is 684. The summed E-state index contributed by atoms with van der Waals surface area (Å²) in [6.45, 7) is 2.48. The van der Waals surface area contributed by atoms with E-state index in [9.17, 15) is 13.6 Å². The fraction of sp³-hybridized carbons (Fsp3) is 0.389. The molecule has 1 atom stereocenters. The third-order valence-electron chi connectivity index (χ3n) is 4.40. The number of hydrogen-bond donors (Lipinski definition) is 1. The fourth-order valence-corrected chi connectivity index (χ4v) is 3.79. The van der Waals surface area contributed by atoms with Gasteiger partial charge in [0.05, 0.1) is 6.04 Å². The highest BCUT2D eigenvalue weighted by Crippen LogP contribution is 2.26. The number of carbonyl (C=O) groups is 1. The van der Waals surface area contributed by atoms with Crippen LogP contribution in [-0.4, -0.2) is 30.4 Å². The van der Waals surface area contributed by atoms with E-state index in [0.29, 0.717) is 6.54 Å². The lowest BCUT2D eigenvalue weighted by Crippen LogP contribution is -2.40. The molecule has 2 heterocycles. The maximum absolute atomic E-state index is 13.3. The van der Waals surface area contributed by atoms with Crippen molar-refractivity contribution in [1.29, 1.82) is 0 Å². The highest BCUT2D eigenvalue weighted by molar-refractivity contribution is 7.07. The van der Waals surface area contributed by atoms with Gasteiger partial charge in [0.1, 0.15) is 0 Å². The minimum atomic E-state index is -1.01. The Balaban J connectivity index is 1.68. The van der Waals surface area contributed by atoms with Crippen molar-refractivity contribution >= 4 is 17.2 Å². The highest BCUT2D eigenvalue weighted by Gasteiger charge is 2.23. The molecule has 0 saturated carbocycles. The van der Waals surface area contributed by atoms with Crippen LogP contribution in [0.1, 0.15) is 41.2 Å². The minimum absolute atomic E-state index is 0.116. The van der Waals surface area contributed by atoms with Gasteiger partial charge in [-0.25, -0.2) is 8.78 Å². The molecule has 24 heavy (non-hydrogen) atoms. The van der Waals surface area contributed by atoms with Gasteiger partial charge < -0.3 is 5.32 Å². The smallest absolute Gasteiger partial charge is 0.251 e. The van der Waals surface area contributed by atoms with Gasteiger partial charge in [0.2, 0.25) is 0 Å². The van der Waals surface area contributed by atoms with Crippen LogP contribution in [0.2, 0.25) is 0 Å². The van der Waals surface area contributed by atoms with Gasteiger partial charge >= 0.3 is 0 Å². The normalized spacial score (nSPS) is 16.8. The molecule has 0 spiro atoms. The van der Waals surface area contributed by atoms with Crippen molar-refractivity contribution in [2.45, 2.75) is 25.3 Å². The van der Waals surface area contributed by atoms with Crippen LogP contribution in [0.3, 0.4) is 0 Å². The Morgan fingerprint density at radius 1 is 1.17 bits per heavy atom. The summed E-state index contributed by atoms with van der Waals surface area (Å²) in [5.41, 5.74) is 1.32. The third kappa shape index (κ3) is 3.99. The molecule has 1 unspecified atom stereocenters. The van der Waals surface area contributed by atoms with E-state index < -0.39 is 11.6 Å². The molecule has 128 valence electrons. The van der Waals surface area contributed by atoms with Gasteiger partial charge in [-0.05, 0) is 66.5 Å². The predicted molar refractivity (Wildman–Crippen MR) is 91.2 cm³/mol.